The molecule has 2 aromatic rings. The smallest absolute Gasteiger partial charge is 0.166 e. The summed E-state index contributed by atoms with van der Waals surface area (Å²) in [6, 6.07) is 7.54. The lowest BCUT2D eigenvalue weighted by atomic mass is 10.2. The van der Waals surface area contributed by atoms with E-state index in [9.17, 15) is 4.79 Å². The van der Waals surface area contributed by atoms with E-state index in [0.29, 0.717) is 10.7 Å². The Morgan fingerprint density at radius 3 is 2.93 bits per heavy atom. The minimum atomic E-state index is 0.676. The molecular weight excluding hydrogens is 198 g/mol. The molecule has 14 heavy (non-hydrogen) atoms. The summed E-state index contributed by atoms with van der Waals surface area (Å²) in [6.07, 6.45) is 0.861. The molecule has 0 aliphatic rings. The molecule has 0 saturated heterocycles. The molecule has 0 radical (unpaired) electrons. The molecule has 0 unspecified atom stereocenters. The van der Waals surface area contributed by atoms with Crippen molar-refractivity contribution in [2.75, 3.05) is 0 Å². The summed E-state index contributed by atoms with van der Waals surface area (Å²) in [6.45, 7) is 2.75. The van der Waals surface area contributed by atoms with Gasteiger partial charge in [0.2, 0.25) is 0 Å². The Morgan fingerprint density at radius 2 is 2.29 bits per heavy atom. The zero-order chi connectivity index (χ0) is 10.1. The molecule has 1 heterocycles. The predicted molar refractivity (Wildman–Crippen MR) is 58.0 cm³/mol. The number of halogens is 1. The van der Waals surface area contributed by atoms with E-state index >= 15 is 0 Å². The number of benzene rings is 1. The van der Waals surface area contributed by atoms with Crippen LogP contribution in [0, 0.1) is 0 Å². The molecule has 0 N–H and O–H groups in total. The minimum Gasteiger partial charge on any atom is -0.337 e. The third-order valence-corrected chi connectivity index (χ3v) is 2.64. The van der Waals surface area contributed by atoms with Gasteiger partial charge in [-0.3, -0.25) is 4.79 Å². The molecule has 2 rings (SSSR count). The van der Waals surface area contributed by atoms with Crippen LogP contribution >= 0.6 is 11.6 Å². The van der Waals surface area contributed by atoms with Crippen molar-refractivity contribution in [3.8, 4) is 0 Å². The van der Waals surface area contributed by atoms with Crippen LogP contribution < -0.4 is 0 Å². The number of aryl methyl sites for hydroxylation is 1. The zero-order valence-corrected chi connectivity index (χ0v) is 8.58. The third-order valence-electron chi connectivity index (χ3n) is 2.34. The summed E-state index contributed by atoms with van der Waals surface area (Å²) < 4.78 is 1.92. The molecule has 1 aromatic heterocycles. The molecule has 0 atom stereocenters. The number of fused-ring (bicyclic) bond motifs is 1. The van der Waals surface area contributed by atoms with E-state index in [0.717, 1.165) is 23.7 Å². The average molecular weight is 208 g/mol. The Hall–Kier alpha value is -1.28. The fourth-order valence-electron chi connectivity index (χ4n) is 1.74. The molecule has 0 amide bonds. The van der Waals surface area contributed by atoms with Gasteiger partial charge in [0.1, 0.15) is 0 Å². The third kappa shape index (κ3) is 1.23. The Balaban J connectivity index is 2.88. The molecule has 2 nitrogen and oxygen atoms in total. The van der Waals surface area contributed by atoms with Gasteiger partial charge in [0.05, 0.1) is 16.2 Å². The van der Waals surface area contributed by atoms with Gasteiger partial charge in [-0.1, -0.05) is 23.7 Å². The van der Waals surface area contributed by atoms with Gasteiger partial charge >= 0.3 is 0 Å². The number of rotatable bonds is 2. The lowest BCUT2D eigenvalue weighted by molar-refractivity contribution is 0.111. The number of carbonyl (C=O) groups is 1. The van der Waals surface area contributed by atoms with E-state index in [4.69, 9.17) is 11.6 Å². The van der Waals surface area contributed by atoms with E-state index in [-0.39, 0.29) is 0 Å². The summed E-state index contributed by atoms with van der Waals surface area (Å²) in [5.41, 5.74) is 1.62. The van der Waals surface area contributed by atoms with Gasteiger partial charge in [0.15, 0.2) is 6.29 Å². The minimum absolute atomic E-state index is 0.676. The maximum Gasteiger partial charge on any atom is 0.166 e. The van der Waals surface area contributed by atoms with Crippen molar-refractivity contribution in [3.05, 3.63) is 35.0 Å². The molecule has 0 aliphatic carbocycles. The standard InChI is InChI=1S/C11H10ClNO/c1-2-13-9(7-14)6-8-4-3-5-10(12)11(8)13/h3-7H,2H2,1H3. The molecule has 3 heteroatoms. The first-order valence-corrected chi connectivity index (χ1v) is 4.88. The highest BCUT2D eigenvalue weighted by molar-refractivity contribution is 6.35. The highest BCUT2D eigenvalue weighted by Gasteiger charge is 2.08. The van der Waals surface area contributed by atoms with Crippen molar-refractivity contribution in [1.82, 2.24) is 4.57 Å². The molecule has 0 fully saturated rings. The number of nitrogens with zero attached hydrogens (tertiary/aromatic N) is 1. The second-order valence-corrected chi connectivity index (χ2v) is 3.52. The van der Waals surface area contributed by atoms with Crippen LogP contribution in [0.3, 0.4) is 0 Å². The van der Waals surface area contributed by atoms with Crippen LogP contribution in [0.15, 0.2) is 24.3 Å². The second kappa shape index (κ2) is 3.46. The van der Waals surface area contributed by atoms with E-state index in [1.807, 2.05) is 35.8 Å². The topological polar surface area (TPSA) is 22.0 Å². The number of hydrogen-bond donors (Lipinski definition) is 0. The van der Waals surface area contributed by atoms with E-state index in [1.165, 1.54) is 0 Å². The van der Waals surface area contributed by atoms with Crippen molar-refractivity contribution in [1.29, 1.82) is 0 Å². The highest BCUT2D eigenvalue weighted by atomic mass is 35.5. The number of aromatic nitrogens is 1. The lowest BCUT2D eigenvalue weighted by Crippen LogP contribution is -1.98. The molecular formula is C11H10ClNO. The van der Waals surface area contributed by atoms with E-state index < -0.39 is 0 Å². The van der Waals surface area contributed by atoms with Gasteiger partial charge < -0.3 is 4.57 Å². The second-order valence-electron chi connectivity index (χ2n) is 3.11. The summed E-state index contributed by atoms with van der Waals surface area (Å²) in [4.78, 5) is 10.8. The Bertz CT molecular complexity index is 487. The van der Waals surface area contributed by atoms with Gasteiger partial charge in [-0.15, -0.1) is 0 Å². The summed E-state index contributed by atoms with van der Waals surface area (Å²) >= 11 is 6.07. The van der Waals surface area contributed by atoms with Gasteiger partial charge in [-0.25, -0.2) is 0 Å². The Labute approximate surface area is 87.1 Å². The zero-order valence-electron chi connectivity index (χ0n) is 7.83. The molecule has 1 aromatic carbocycles. The number of aldehydes is 1. The Kier molecular flexibility index (Phi) is 2.30. The molecule has 0 saturated carbocycles. The fourth-order valence-corrected chi connectivity index (χ4v) is 2.02. The Morgan fingerprint density at radius 1 is 1.50 bits per heavy atom. The van der Waals surface area contributed by atoms with Gasteiger partial charge in [-0.05, 0) is 19.1 Å². The highest BCUT2D eigenvalue weighted by Crippen LogP contribution is 2.26. The molecule has 0 aliphatic heterocycles. The van der Waals surface area contributed by atoms with Gasteiger partial charge in [0, 0.05) is 11.9 Å². The normalized spacial score (nSPS) is 10.7. The number of hydrogen-bond acceptors (Lipinski definition) is 1. The lowest BCUT2D eigenvalue weighted by Gasteiger charge is -2.03. The van der Waals surface area contributed by atoms with Crippen LogP contribution in [0.5, 0.6) is 0 Å². The summed E-state index contributed by atoms with van der Waals surface area (Å²) in [5, 5.41) is 1.71. The van der Waals surface area contributed by atoms with Crippen LogP contribution in [-0.4, -0.2) is 10.9 Å². The maximum absolute atomic E-state index is 10.8. The van der Waals surface area contributed by atoms with Crippen LogP contribution in [0.25, 0.3) is 10.9 Å². The summed E-state index contributed by atoms with van der Waals surface area (Å²) in [5.74, 6) is 0. The van der Waals surface area contributed by atoms with Crippen molar-refractivity contribution in [3.63, 3.8) is 0 Å². The van der Waals surface area contributed by atoms with Crippen molar-refractivity contribution in [2.45, 2.75) is 13.5 Å². The summed E-state index contributed by atoms with van der Waals surface area (Å²) in [7, 11) is 0. The van der Waals surface area contributed by atoms with E-state index in [2.05, 4.69) is 0 Å². The molecule has 0 bridgehead atoms. The number of carbonyl (C=O) groups excluding carboxylic acids is 1. The van der Waals surface area contributed by atoms with Crippen molar-refractivity contribution in [2.24, 2.45) is 0 Å². The maximum atomic E-state index is 10.8. The van der Waals surface area contributed by atoms with Gasteiger partial charge in [-0.2, -0.15) is 0 Å². The quantitative estimate of drug-likeness (QED) is 0.694. The molecule has 72 valence electrons. The van der Waals surface area contributed by atoms with Crippen LogP contribution in [0.1, 0.15) is 17.4 Å². The van der Waals surface area contributed by atoms with Gasteiger partial charge in [0.25, 0.3) is 0 Å². The number of para-hydroxylation sites is 1. The first-order chi connectivity index (χ1) is 6.77. The van der Waals surface area contributed by atoms with Crippen LogP contribution in [0.2, 0.25) is 5.02 Å². The SMILES string of the molecule is CCn1c(C=O)cc2cccc(Cl)c21. The largest absolute Gasteiger partial charge is 0.337 e. The van der Waals surface area contributed by atoms with Crippen LogP contribution in [-0.2, 0) is 6.54 Å². The van der Waals surface area contributed by atoms with Crippen molar-refractivity contribution < 1.29 is 4.79 Å². The van der Waals surface area contributed by atoms with Crippen LogP contribution in [0.4, 0.5) is 0 Å². The monoisotopic (exact) mass is 207 g/mol. The predicted octanol–water partition coefficient (Wildman–Crippen LogP) is 3.13. The van der Waals surface area contributed by atoms with Crippen molar-refractivity contribution >= 4 is 28.8 Å². The first-order valence-electron chi connectivity index (χ1n) is 4.51. The fraction of sp³-hybridized carbons (Fsp3) is 0.182. The van der Waals surface area contributed by atoms with E-state index in [1.54, 1.807) is 0 Å². The average Bonchev–Trinajstić information content (AvgIpc) is 2.56. The molecule has 0 spiro atoms. The first kappa shape index (κ1) is 9.28.